The zero-order valence-corrected chi connectivity index (χ0v) is 7.50. The summed E-state index contributed by atoms with van der Waals surface area (Å²) in [5.74, 6) is 0.368. The van der Waals surface area contributed by atoms with Gasteiger partial charge in [0.2, 0.25) is 0 Å². The first kappa shape index (κ1) is 9.07. The quantitative estimate of drug-likeness (QED) is 0.743. The summed E-state index contributed by atoms with van der Waals surface area (Å²) in [6, 6.07) is 5.69. The van der Waals surface area contributed by atoms with Gasteiger partial charge in [0.1, 0.15) is 5.75 Å². The van der Waals surface area contributed by atoms with E-state index in [2.05, 4.69) is 0 Å². The Balaban J connectivity index is 2.72. The Bertz CT molecular complexity index is 256. The Morgan fingerprint density at radius 3 is 2.75 bits per heavy atom. The highest BCUT2D eigenvalue weighted by molar-refractivity contribution is 5.35. The van der Waals surface area contributed by atoms with Crippen LogP contribution in [-0.2, 0) is 11.2 Å². The van der Waals surface area contributed by atoms with E-state index in [-0.39, 0.29) is 0 Å². The summed E-state index contributed by atoms with van der Waals surface area (Å²) in [5.41, 5.74) is 2.02. The summed E-state index contributed by atoms with van der Waals surface area (Å²) in [7, 11) is 1.66. The molecule has 0 bridgehead atoms. The number of benzene rings is 1. The van der Waals surface area contributed by atoms with Gasteiger partial charge in [-0.3, -0.25) is 0 Å². The lowest BCUT2D eigenvalue weighted by atomic mass is 10.1. The molecule has 0 aliphatic carbocycles. The zero-order valence-electron chi connectivity index (χ0n) is 7.50. The van der Waals surface area contributed by atoms with Crippen LogP contribution in [0.2, 0.25) is 0 Å². The van der Waals surface area contributed by atoms with Gasteiger partial charge in [-0.25, -0.2) is 0 Å². The molecule has 1 N–H and O–H groups in total. The molecule has 1 rings (SSSR count). The van der Waals surface area contributed by atoms with Crippen LogP contribution in [-0.4, -0.2) is 18.8 Å². The second-order valence-corrected chi connectivity index (χ2v) is 2.87. The van der Waals surface area contributed by atoms with E-state index in [1.165, 1.54) is 0 Å². The first-order chi connectivity index (χ1) is 5.74. The van der Waals surface area contributed by atoms with Gasteiger partial charge < -0.3 is 9.84 Å². The Kier molecular flexibility index (Phi) is 3.11. The van der Waals surface area contributed by atoms with E-state index in [1.54, 1.807) is 13.2 Å². The number of aromatic hydroxyl groups is 1. The molecule has 0 aliphatic heterocycles. The standard InChI is InChI=1S/C10H14O2/c1-8-3-4-9(5-6-12-2)10(11)7-8/h3-4,7,11H,5-6H2,1-2H3. The third-order valence-corrected chi connectivity index (χ3v) is 1.82. The highest BCUT2D eigenvalue weighted by Gasteiger charge is 1.99. The maximum atomic E-state index is 9.46. The second-order valence-electron chi connectivity index (χ2n) is 2.87. The highest BCUT2D eigenvalue weighted by Crippen LogP contribution is 2.18. The van der Waals surface area contributed by atoms with Crippen LogP contribution < -0.4 is 0 Å². The minimum atomic E-state index is 0.368. The number of phenolic OH excluding ortho intramolecular Hbond substituents is 1. The average Bonchev–Trinajstić information content (AvgIpc) is 2.03. The van der Waals surface area contributed by atoms with E-state index in [9.17, 15) is 5.11 Å². The molecule has 2 heteroatoms. The molecule has 2 nitrogen and oxygen atoms in total. The van der Waals surface area contributed by atoms with E-state index in [4.69, 9.17) is 4.74 Å². The summed E-state index contributed by atoms with van der Waals surface area (Å²) in [6.45, 7) is 2.61. The summed E-state index contributed by atoms with van der Waals surface area (Å²) >= 11 is 0. The maximum absolute atomic E-state index is 9.46. The zero-order chi connectivity index (χ0) is 8.97. The van der Waals surface area contributed by atoms with Crippen LogP contribution in [0, 0.1) is 6.92 Å². The molecular formula is C10H14O2. The SMILES string of the molecule is COCCc1ccc(C)cc1O. The van der Waals surface area contributed by atoms with Crippen molar-refractivity contribution < 1.29 is 9.84 Å². The average molecular weight is 166 g/mol. The normalized spacial score (nSPS) is 10.2. The number of methoxy groups -OCH3 is 1. The molecule has 0 amide bonds. The highest BCUT2D eigenvalue weighted by atomic mass is 16.5. The largest absolute Gasteiger partial charge is 0.508 e. The lowest BCUT2D eigenvalue weighted by Gasteiger charge is -2.04. The van der Waals surface area contributed by atoms with Crippen molar-refractivity contribution in [1.29, 1.82) is 0 Å². The minimum Gasteiger partial charge on any atom is -0.508 e. The lowest BCUT2D eigenvalue weighted by Crippen LogP contribution is -1.94. The van der Waals surface area contributed by atoms with Gasteiger partial charge >= 0.3 is 0 Å². The molecule has 0 unspecified atom stereocenters. The molecule has 1 aromatic carbocycles. The van der Waals surface area contributed by atoms with Gasteiger partial charge in [-0.1, -0.05) is 12.1 Å². The van der Waals surface area contributed by atoms with E-state index >= 15 is 0 Å². The molecule has 0 fully saturated rings. The van der Waals surface area contributed by atoms with Crippen molar-refractivity contribution in [3.63, 3.8) is 0 Å². The summed E-state index contributed by atoms with van der Waals surface area (Å²) < 4.78 is 4.92. The molecule has 66 valence electrons. The summed E-state index contributed by atoms with van der Waals surface area (Å²) in [6.07, 6.45) is 0.766. The van der Waals surface area contributed by atoms with Crippen LogP contribution in [0.4, 0.5) is 0 Å². The Morgan fingerprint density at radius 1 is 1.42 bits per heavy atom. The van der Waals surface area contributed by atoms with Crippen LogP contribution in [0.15, 0.2) is 18.2 Å². The monoisotopic (exact) mass is 166 g/mol. The number of aryl methyl sites for hydroxylation is 1. The number of phenols is 1. The molecule has 0 heterocycles. The van der Waals surface area contributed by atoms with Crippen LogP contribution in [0.3, 0.4) is 0 Å². The van der Waals surface area contributed by atoms with Gasteiger partial charge in [0.25, 0.3) is 0 Å². The number of hydrogen-bond acceptors (Lipinski definition) is 2. The molecule has 1 aromatic rings. The summed E-state index contributed by atoms with van der Waals surface area (Å²) in [4.78, 5) is 0. The molecule has 12 heavy (non-hydrogen) atoms. The van der Waals surface area contributed by atoms with Crippen molar-refractivity contribution in [1.82, 2.24) is 0 Å². The first-order valence-electron chi connectivity index (χ1n) is 4.01. The van der Waals surface area contributed by atoms with Crippen molar-refractivity contribution >= 4 is 0 Å². The van der Waals surface area contributed by atoms with Crippen molar-refractivity contribution in [2.24, 2.45) is 0 Å². The third kappa shape index (κ3) is 2.24. The van der Waals surface area contributed by atoms with Gasteiger partial charge in [0.05, 0.1) is 6.61 Å². The van der Waals surface area contributed by atoms with E-state index < -0.39 is 0 Å². The second kappa shape index (κ2) is 4.12. The van der Waals surface area contributed by atoms with E-state index in [0.29, 0.717) is 12.4 Å². The van der Waals surface area contributed by atoms with Crippen LogP contribution >= 0.6 is 0 Å². The van der Waals surface area contributed by atoms with Gasteiger partial charge in [-0.05, 0) is 30.5 Å². The fourth-order valence-electron chi connectivity index (χ4n) is 1.10. The number of ether oxygens (including phenoxy) is 1. The first-order valence-corrected chi connectivity index (χ1v) is 4.01. The molecule has 0 saturated heterocycles. The minimum absolute atomic E-state index is 0.368. The van der Waals surface area contributed by atoms with Gasteiger partial charge in [0, 0.05) is 7.11 Å². The molecule has 0 aromatic heterocycles. The Morgan fingerprint density at radius 2 is 2.17 bits per heavy atom. The Hall–Kier alpha value is -1.02. The van der Waals surface area contributed by atoms with Crippen molar-refractivity contribution in [2.75, 3.05) is 13.7 Å². The summed E-state index contributed by atoms with van der Waals surface area (Å²) in [5, 5.41) is 9.46. The van der Waals surface area contributed by atoms with Crippen LogP contribution in [0.1, 0.15) is 11.1 Å². The van der Waals surface area contributed by atoms with Crippen LogP contribution in [0.25, 0.3) is 0 Å². The van der Waals surface area contributed by atoms with E-state index in [0.717, 1.165) is 17.5 Å². The molecule has 0 radical (unpaired) electrons. The maximum Gasteiger partial charge on any atom is 0.119 e. The number of rotatable bonds is 3. The smallest absolute Gasteiger partial charge is 0.119 e. The van der Waals surface area contributed by atoms with Gasteiger partial charge in [-0.2, -0.15) is 0 Å². The molecule has 0 atom stereocenters. The lowest BCUT2D eigenvalue weighted by molar-refractivity contribution is 0.201. The predicted octanol–water partition coefficient (Wildman–Crippen LogP) is 1.89. The van der Waals surface area contributed by atoms with Crippen LogP contribution in [0.5, 0.6) is 5.75 Å². The molecule has 0 spiro atoms. The molecule has 0 saturated carbocycles. The van der Waals surface area contributed by atoms with Crippen molar-refractivity contribution in [3.8, 4) is 5.75 Å². The van der Waals surface area contributed by atoms with Crippen molar-refractivity contribution in [2.45, 2.75) is 13.3 Å². The predicted molar refractivity (Wildman–Crippen MR) is 48.4 cm³/mol. The molecular weight excluding hydrogens is 152 g/mol. The topological polar surface area (TPSA) is 29.5 Å². The Labute approximate surface area is 72.8 Å². The van der Waals surface area contributed by atoms with Crippen molar-refractivity contribution in [3.05, 3.63) is 29.3 Å². The van der Waals surface area contributed by atoms with Gasteiger partial charge in [0.15, 0.2) is 0 Å². The van der Waals surface area contributed by atoms with Gasteiger partial charge in [-0.15, -0.1) is 0 Å². The third-order valence-electron chi connectivity index (χ3n) is 1.82. The number of hydrogen-bond donors (Lipinski definition) is 1. The fraction of sp³-hybridized carbons (Fsp3) is 0.400. The molecule has 0 aliphatic rings. The van der Waals surface area contributed by atoms with E-state index in [1.807, 2.05) is 19.1 Å². The fourth-order valence-corrected chi connectivity index (χ4v) is 1.10.